The van der Waals surface area contributed by atoms with Crippen molar-refractivity contribution in [2.75, 3.05) is 19.6 Å². The first-order valence-electron chi connectivity index (χ1n) is 8.36. The predicted molar refractivity (Wildman–Crippen MR) is 97.6 cm³/mol. The van der Waals surface area contributed by atoms with Crippen molar-refractivity contribution < 1.29 is 4.79 Å². The molecule has 0 radical (unpaired) electrons. The molecule has 1 atom stereocenters. The maximum atomic E-state index is 12.2. The van der Waals surface area contributed by atoms with Crippen LogP contribution in [0.15, 0.2) is 42.7 Å². The lowest BCUT2D eigenvalue weighted by atomic mass is 9.96. The Morgan fingerprint density at radius 2 is 2.17 bits per heavy atom. The normalized spacial score (nSPS) is 17.1. The second-order valence-corrected chi connectivity index (χ2v) is 6.17. The summed E-state index contributed by atoms with van der Waals surface area (Å²) >= 11 is 0. The van der Waals surface area contributed by atoms with E-state index in [-0.39, 0.29) is 18.3 Å². The van der Waals surface area contributed by atoms with Crippen molar-refractivity contribution in [2.24, 2.45) is 5.92 Å². The number of hydrogen-bond donors (Lipinski definition) is 2. The van der Waals surface area contributed by atoms with Gasteiger partial charge in [0.25, 0.3) is 5.91 Å². The van der Waals surface area contributed by atoms with Crippen LogP contribution in [0.4, 0.5) is 0 Å². The Hall–Kier alpha value is -1.85. The van der Waals surface area contributed by atoms with Crippen molar-refractivity contribution in [1.29, 1.82) is 0 Å². The summed E-state index contributed by atoms with van der Waals surface area (Å²) < 4.78 is 1.80. The summed E-state index contributed by atoms with van der Waals surface area (Å²) in [6.45, 7) is 3.62. The van der Waals surface area contributed by atoms with Crippen LogP contribution in [-0.4, -0.2) is 35.3 Å². The van der Waals surface area contributed by atoms with E-state index in [2.05, 4.69) is 27.9 Å². The number of nitrogens with zero attached hydrogens (tertiary/aromatic N) is 2. The molecular weight excluding hydrogens is 324 g/mol. The maximum Gasteiger partial charge on any atom is 0.254 e. The number of carbonyl (C=O) groups is 1. The number of carbonyl (C=O) groups excluding carboxylic acids is 1. The van der Waals surface area contributed by atoms with Crippen LogP contribution in [0.5, 0.6) is 0 Å². The van der Waals surface area contributed by atoms with Gasteiger partial charge in [0.15, 0.2) is 0 Å². The number of benzene rings is 1. The monoisotopic (exact) mass is 348 g/mol. The van der Waals surface area contributed by atoms with Crippen LogP contribution in [0.25, 0.3) is 0 Å². The molecule has 2 aromatic rings. The van der Waals surface area contributed by atoms with E-state index in [0.717, 1.165) is 26.1 Å². The minimum atomic E-state index is -0.0342. The highest BCUT2D eigenvalue weighted by atomic mass is 35.5. The fourth-order valence-corrected chi connectivity index (χ4v) is 3.00. The molecule has 1 amide bonds. The maximum absolute atomic E-state index is 12.2. The minimum Gasteiger partial charge on any atom is -0.352 e. The summed E-state index contributed by atoms with van der Waals surface area (Å²) in [5, 5.41) is 10.7. The molecule has 1 aliphatic heterocycles. The van der Waals surface area contributed by atoms with Crippen LogP contribution in [0, 0.1) is 5.92 Å². The third kappa shape index (κ3) is 5.35. The van der Waals surface area contributed by atoms with E-state index in [1.165, 1.54) is 18.4 Å². The highest BCUT2D eigenvalue weighted by molar-refractivity contribution is 5.93. The molecule has 1 aliphatic rings. The standard InChI is InChI=1S/C18H24N4O.ClH/c23-18(20-10-8-15-7-4-9-19-11-15)17-12-21-22(14-17)13-16-5-2-1-3-6-16;/h1-3,5-6,12,14-15,19H,4,7-11,13H2,(H,20,23);1H. The van der Waals surface area contributed by atoms with Gasteiger partial charge in [0.1, 0.15) is 0 Å². The van der Waals surface area contributed by atoms with Gasteiger partial charge < -0.3 is 10.6 Å². The van der Waals surface area contributed by atoms with Crippen molar-refractivity contribution >= 4 is 18.3 Å². The molecule has 0 bridgehead atoms. The Balaban J connectivity index is 0.00000208. The number of aromatic nitrogens is 2. The Labute approximate surface area is 149 Å². The molecule has 0 aliphatic carbocycles. The molecular formula is C18H25ClN4O. The van der Waals surface area contributed by atoms with Gasteiger partial charge in [-0.15, -0.1) is 12.4 Å². The van der Waals surface area contributed by atoms with E-state index in [1.807, 2.05) is 24.4 Å². The van der Waals surface area contributed by atoms with Gasteiger partial charge in [-0.2, -0.15) is 5.10 Å². The van der Waals surface area contributed by atoms with E-state index in [4.69, 9.17) is 0 Å². The zero-order valence-corrected chi connectivity index (χ0v) is 14.6. The number of halogens is 1. The third-order valence-electron chi connectivity index (χ3n) is 4.32. The van der Waals surface area contributed by atoms with Crippen LogP contribution in [0.3, 0.4) is 0 Å². The van der Waals surface area contributed by atoms with Gasteiger partial charge in [0.2, 0.25) is 0 Å². The molecule has 130 valence electrons. The molecule has 1 unspecified atom stereocenters. The lowest BCUT2D eigenvalue weighted by molar-refractivity contribution is 0.0950. The fourth-order valence-electron chi connectivity index (χ4n) is 3.00. The molecule has 3 rings (SSSR count). The first-order valence-corrected chi connectivity index (χ1v) is 8.36. The van der Waals surface area contributed by atoms with Gasteiger partial charge in [-0.05, 0) is 43.8 Å². The number of hydrogen-bond acceptors (Lipinski definition) is 3. The average Bonchev–Trinajstić information content (AvgIpc) is 3.05. The van der Waals surface area contributed by atoms with Gasteiger partial charge in [-0.25, -0.2) is 0 Å². The largest absolute Gasteiger partial charge is 0.352 e. The summed E-state index contributed by atoms with van der Waals surface area (Å²) in [4.78, 5) is 12.2. The quantitative estimate of drug-likeness (QED) is 0.843. The molecule has 1 aromatic heterocycles. The lowest BCUT2D eigenvalue weighted by Gasteiger charge is -2.22. The van der Waals surface area contributed by atoms with E-state index in [0.29, 0.717) is 18.0 Å². The fraction of sp³-hybridized carbons (Fsp3) is 0.444. The Morgan fingerprint density at radius 1 is 1.33 bits per heavy atom. The smallest absolute Gasteiger partial charge is 0.254 e. The number of piperidine rings is 1. The van der Waals surface area contributed by atoms with Gasteiger partial charge in [0, 0.05) is 12.7 Å². The highest BCUT2D eigenvalue weighted by Crippen LogP contribution is 2.13. The van der Waals surface area contributed by atoms with E-state index >= 15 is 0 Å². The molecule has 24 heavy (non-hydrogen) atoms. The molecule has 2 heterocycles. The topological polar surface area (TPSA) is 59.0 Å². The SMILES string of the molecule is Cl.O=C(NCCC1CCCNC1)c1cnn(Cc2ccccc2)c1. The summed E-state index contributed by atoms with van der Waals surface area (Å²) in [6.07, 6.45) is 6.99. The Bertz CT molecular complexity index is 623. The summed E-state index contributed by atoms with van der Waals surface area (Å²) in [5.74, 6) is 0.651. The molecule has 1 aromatic carbocycles. The summed E-state index contributed by atoms with van der Waals surface area (Å²) in [6, 6.07) is 10.1. The van der Waals surface area contributed by atoms with Crippen LogP contribution >= 0.6 is 12.4 Å². The van der Waals surface area contributed by atoms with E-state index < -0.39 is 0 Å². The summed E-state index contributed by atoms with van der Waals surface area (Å²) in [7, 11) is 0. The van der Waals surface area contributed by atoms with E-state index in [9.17, 15) is 4.79 Å². The molecule has 5 nitrogen and oxygen atoms in total. The molecule has 0 saturated carbocycles. The molecule has 6 heteroatoms. The second kappa shape index (κ2) is 9.45. The first kappa shape index (κ1) is 18.5. The third-order valence-corrected chi connectivity index (χ3v) is 4.32. The number of rotatable bonds is 6. The van der Waals surface area contributed by atoms with Gasteiger partial charge >= 0.3 is 0 Å². The van der Waals surface area contributed by atoms with Crippen LogP contribution in [-0.2, 0) is 6.54 Å². The molecule has 1 saturated heterocycles. The van der Waals surface area contributed by atoms with Crippen molar-refractivity contribution in [2.45, 2.75) is 25.8 Å². The zero-order valence-electron chi connectivity index (χ0n) is 13.8. The Kier molecular flexibility index (Phi) is 7.28. The van der Waals surface area contributed by atoms with Gasteiger partial charge in [-0.1, -0.05) is 30.3 Å². The zero-order chi connectivity index (χ0) is 15.9. The highest BCUT2D eigenvalue weighted by Gasteiger charge is 2.14. The second-order valence-electron chi connectivity index (χ2n) is 6.17. The number of amides is 1. The number of nitrogens with one attached hydrogen (secondary N) is 2. The average molecular weight is 349 g/mol. The van der Waals surface area contributed by atoms with Crippen molar-refractivity contribution in [1.82, 2.24) is 20.4 Å². The van der Waals surface area contributed by atoms with Crippen molar-refractivity contribution in [3.8, 4) is 0 Å². The van der Waals surface area contributed by atoms with Crippen LogP contribution < -0.4 is 10.6 Å². The van der Waals surface area contributed by atoms with Gasteiger partial charge in [-0.3, -0.25) is 9.48 Å². The predicted octanol–water partition coefficient (Wildman–Crippen LogP) is 2.47. The van der Waals surface area contributed by atoms with Crippen molar-refractivity contribution in [3.63, 3.8) is 0 Å². The summed E-state index contributed by atoms with van der Waals surface area (Å²) in [5.41, 5.74) is 1.80. The Morgan fingerprint density at radius 3 is 2.92 bits per heavy atom. The van der Waals surface area contributed by atoms with Gasteiger partial charge in [0.05, 0.1) is 18.3 Å². The molecule has 1 fully saturated rings. The van der Waals surface area contributed by atoms with Crippen LogP contribution in [0.2, 0.25) is 0 Å². The van der Waals surface area contributed by atoms with Crippen molar-refractivity contribution in [3.05, 3.63) is 53.9 Å². The molecule has 2 N–H and O–H groups in total. The minimum absolute atomic E-state index is 0. The van der Waals surface area contributed by atoms with Crippen LogP contribution in [0.1, 0.15) is 35.2 Å². The lowest BCUT2D eigenvalue weighted by Crippen LogP contribution is -2.33. The first-order chi connectivity index (χ1) is 11.3. The molecule has 0 spiro atoms. The van der Waals surface area contributed by atoms with E-state index in [1.54, 1.807) is 10.9 Å².